The van der Waals surface area contributed by atoms with Crippen LogP contribution >= 0.6 is 0 Å². The molecule has 1 saturated heterocycles. The molecule has 2 N–H and O–H groups in total. The maximum Gasteiger partial charge on any atom is 0.306 e. The van der Waals surface area contributed by atoms with Gasteiger partial charge in [-0.25, -0.2) is 0 Å². The summed E-state index contributed by atoms with van der Waals surface area (Å²) in [7, 11) is 0. The number of aliphatic hydroxyl groups is 2. The molecule has 0 bridgehead atoms. The highest BCUT2D eigenvalue weighted by molar-refractivity contribution is 5.98. The number of esters is 1. The van der Waals surface area contributed by atoms with Crippen LogP contribution in [-0.2, 0) is 19.1 Å². The number of rotatable bonds is 0. The second kappa shape index (κ2) is 5.38. The third-order valence-corrected chi connectivity index (χ3v) is 8.44. The van der Waals surface area contributed by atoms with Gasteiger partial charge in [0.1, 0.15) is 18.3 Å². The van der Waals surface area contributed by atoms with Crippen molar-refractivity contribution in [3.05, 3.63) is 0 Å². The van der Waals surface area contributed by atoms with Crippen molar-refractivity contribution in [2.45, 2.75) is 65.3 Å². The standard InChI is InChI=1S/C20H28O6/c1-8-5-12(21)18(25)20(4)10(8)6-13-19(3)11(7-14(22)26-13)9(2)15(23)16(24)17(19)20/h8-13,15,17,21,23H,5-7H2,1-4H3. The van der Waals surface area contributed by atoms with Gasteiger partial charge in [0.05, 0.1) is 0 Å². The van der Waals surface area contributed by atoms with Gasteiger partial charge in [-0.05, 0) is 36.5 Å². The Balaban J connectivity index is 1.92. The fourth-order valence-corrected chi connectivity index (χ4v) is 7.14. The molecule has 144 valence electrons. The summed E-state index contributed by atoms with van der Waals surface area (Å²) >= 11 is 0. The maximum atomic E-state index is 13.3. The third kappa shape index (κ3) is 1.92. The van der Waals surface area contributed by atoms with E-state index in [0.717, 1.165) is 0 Å². The van der Waals surface area contributed by atoms with Gasteiger partial charge in [-0.1, -0.05) is 27.7 Å². The number of hydrogen-bond donors (Lipinski definition) is 2. The number of ether oxygens (including phenoxy) is 1. The van der Waals surface area contributed by atoms with E-state index in [1.807, 2.05) is 13.8 Å². The minimum Gasteiger partial charge on any atom is -0.462 e. The summed E-state index contributed by atoms with van der Waals surface area (Å²) in [6.45, 7) is 7.52. The average Bonchev–Trinajstić information content (AvgIpc) is 2.56. The first-order valence-electron chi connectivity index (χ1n) is 9.68. The SMILES string of the molecule is CC1CC(O)C(=O)C2(C)C1CC1OC(=O)CC3C(C)C(O)C(=O)C2C13C. The minimum atomic E-state index is -1.19. The van der Waals surface area contributed by atoms with E-state index >= 15 is 0 Å². The summed E-state index contributed by atoms with van der Waals surface area (Å²) in [5.74, 6) is -2.36. The Kier molecular flexibility index (Phi) is 3.75. The second-order valence-electron chi connectivity index (χ2n) is 9.51. The molecule has 3 saturated carbocycles. The van der Waals surface area contributed by atoms with Crippen molar-refractivity contribution in [2.75, 3.05) is 0 Å². The van der Waals surface area contributed by atoms with Gasteiger partial charge in [-0.15, -0.1) is 0 Å². The smallest absolute Gasteiger partial charge is 0.306 e. The molecule has 0 spiro atoms. The first kappa shape index (κ1) is 18.1. The van der Waals surface area contributed by atoms with Crippen LogP contribution in [0.25, 0.3) is 0 Å². The van der Waals surface area contributed by atoms with Crippen molar-refractivity contribution in [3.8, 4) is 0 Å². The Morgan fingerprint density at radius 2 is 1.69 bits per heavy atom. The summed E-state index contributed by atoms with van der Waals surface area (Å²) in [4.78, 5) is 38.7. The molecule has 0 radical (unpaired) electrons. The van der Waals surface area contributed by atoms with E-state index in [1.165, 1.54) is 0 Å². The first-order chi connectivity index (χ1) is 12.0. The number of carbonyl (C=O) groups excluding carboxylic acids is 3. The van der Waals surface area contributed by atoms with Gasteiger partial charge in [0.15, 0.2) is 11.6 Å². The van der Waals surface area contributed by atoms with Crippen LogP contribution in [0.5, 0.6) is 0 Å². The van der Waals surface area contributed by atoms with Crippen LogP contribution < -0.4 is 0 Å². The van der Waals surface area contributed by atoms with Crippen LogP contribution in [0.15, 0.2) is 0 Å². The number of aliphatic hydroxyl groups excluding tert-OH is 2. The Morgan fingerprint density at radius 1 is 1.04 bits per heavy atom. The van der Waals surface area contributed by atoms with Crippen LogP contribution in [-0.4, -0.2) is 46.1 Å². The van der Waals surface area contributed by atoms with Gasteiger partial charge in [0.2, 0.25) is 0 Å². The largest absolute Gasteiger partial charge is 0.462 e. The van der Waals surface area contributed by atoms with E-state index in [9.17, 15) is 24.6 Å². The highest BCUT2D eigenvalue weighted by atomic mass is 16.5. The molecule has 0 aromatic carbocycles. The fraction of sp³-hybridized carbons (Fsp3) is 0.850. The summed E-state index contributed by atoms with van der Waals surface area (Å²) in [5, 5.41) is 21.0. The normalized spacial score (nSPS) is 56.5. The zero-order valence-electron chi connectivity index (χ0n) is 15.8. The lowest BCUT2D eigenvalue weighted by Crippen LogP contribution is -2.73. The lowest BCUT2D eigenvalue weighted by atomic mass is 9.38. The average molecular weight is 364 g/mol. The van der Waals surface area contributed by atoms with Crippen LogP contribution in [0.4, 0.5) is 0 Å². The van der Waals surface area contributed by atoms with Crippen LogP contribution in [0.3, 0.4) is 0 Å². The molecule has 10 atom stereocenters. The predicted molar refractivity (Wildman–Crippen MR) is 90.8 cm³/mol. The first-order valence-corrected chi connectivity index (χ1v) is 9.68. The molecule has 4 fully saturated rings. The lowest BCUT2D eigenvalue weighted by Gasteiger charge is -2.66. The number of carbonyl (C=O) groups is 3. The number of ketones is 2. The minimum absolute atomic E-state index is 0.0284. The van der Waals surface area contributed by atoms with Crippen molar-refractivity contribution in [2.24, 2.45) is 40.4 Å². The van der Waals surface area contributed by atoms with E-state index in [2.05, 4.69) is 0 Å². The van der Waals surface area contributed by atoms with E-state index < -0.39 is 35.1 Å². The molecule has 1 heterocycles. The molecular formula is C20H28O6. The van der Waals surface area contributed by atoms with Crippen LogP contribution in [0.2, 0.25) is 0 Å². The highest BCUT2D eigenvalue weighted by Gasteiger charge is 2.73. The van der Waals surface area contributed by atoms with E-state index in [0.29, 0.717) is 12.8 Å². The van der Waals surface area contributed by atoms with Gasteiger partial charge in [0, 0.05) is 23.2 Å². The van der Waals surface area contributed by atoms with E-state index in [4.69, 9.17) is 4.74 Å². The molecule has 4 rings (SSSR count). The molecule has 6 heteroatoms. The van der Waals surface area contributed by atoms with Gasteiger partial charge in [-0.3, -0.25) is 14.4 Å². The zero-order chi connectivity index (χ0) is 19.2. The molecule has 10 unspecified atom stereocenters. The highest BCUT2D eigenvalue weighted by Crippen LogP contribution is 2.67. The number of fused-ring (bicyclic) bond motifs is 2. The fourth-order valence-electron chi connectivity index (χ4n) is 7.14. The molecule has 0 amide bonds. The predicted octanol–water partition coefficient (Wildman–Crippen LogP) is 1.12. The zero-order valence-corrected chi connectivity index (χ0v) is 15.8. The molecule has 3 aliphatic carbocycles. The molecule has 6 nitrogen and oxygen atoms in total. The lowest BCUT2D eigenvalue weighted by molar-refractivity contribution is -0.245. The van der Waals surface area contributed by atoms with E-state index in [-0.39, 0.29) is 47.6 Å². The van der Waals surface area contributed by atoms with Crippen LogP contribution in [0.1, 0.15) is 47.0 Å². The topological polar surface area (TPSA) is 101 Å². The number of hydrogen-bond acceptors (Lipinski definition) is 6. The summed E-state index contributed by atoms with van der Waals surface area (Å²) in [6, 6.07) is 0. The molecule has 26 heavy (non-hydrogen) atoms. The Morgan fingerprint density at radius 3 is 2.35 bits per heavy atom. The van der Waals surface area contributed by atoms with Crippen molar-refractivity contribution in [3.63, 3.8) is 0 Å². The molecule has 0 aromatic rings. The summed E-state index contributed by atoms with van der Waals surface area (Å²) < 4.78 is 5.72. The summed E-state index contributed by atoms with van der Waals surface area (Å²) in [6.07, 6.45) is -1.66. The summed E-state index contributed by atoms with van der Waals surface area (Å²) in [5.41, 5.74) is -1.73. The van der Waals surface area contributed by atoms with Crippen molar-refractivity contribution >= 4 is 17.5 Å². The Hall–Kier alpha value is -1.27. The Bertz CT molecular complexity index is 688. The van der Waals surface area contributed by atoms with Crippen molar-refractivity contribution in [1.29, 1.82) is 0 Å². The Labute approximate surface area is 153 Å². The van der Waals surface area contributed by atoms with Crippen LogP contribution in [0, 0.1) is 40.4 Å². The van der Waals surface area contributed by atoms with Crippen molar-refractivity contribution in [1.82, 2.24) is 0 Å². The second-order valence-corrected chi connectivity index (χ2v) is 9.51. The quantitative estimate of drug-likeness (QED) is 0.625. The van der Waals surface area contributed by atoms with Crippen molar-refractivity contribution < 1.29 is 29.3 Å². The monoisotopic (exact) mass is 364 g/mol. The molecule has 4 aliphatic rings. The number of Topliss-reactive ketones (excluding diaryl/α,β-unsaturated/α-hetero) is 2. The molecular weight excluding hydrogens is 336 g/mol. The maximum absolute atomic E-state index is 13.3. The van der Waals surface area contributed by atoms with E-state index in [1.54, 1.807) is 13.8 Å². The molecule has 1 aliphatic heterocycles. The van der Waals surface area contributed by atoms with Gasteiger partial charge < -0.3 is 14.9 Å². The van der Waals surface area contributed by atoms with Gasteiger partial charge in [0.25, 0.3) is 0 Å². The third-order valence-electron chi connectivity index (χ3n) is 8.44. The van der Waals surface area contributed by atoms with Gasteiger partial charge in [-0.2, -0.15) is 0 Å². The molecule has 0 aromatic heterocycles. The van der Waals surface area contributed by atoms with Gasteiger partial charge >= 0.3 is 5.97 Å².